The molecule has 0 aliphatic rings. The molecular weight excluding hydrogens is 236 g/mol. The number of Topliss-reactive ketones (excluding diaryl/α,β-unsaturated/α-hetero) is 1. The van der Waals surface area contributed by atoms with Crippen molar-refractivity contribution in [2.75, 3.05) is 0 Å². The van der Waals surface area contributed by atoms with Crippen molar-refractivity contribution in [2.45, 2.75) is 13.3 Å². The smallest absolute Gasteiger partial charge is 0.185 e. The Morgan fingerprint density at radius 1 is 1.28 bits per heavy atom. The number of carbonyl (C=O) groups is 1. The summed E-state index contributed by atoms with van der Waals surface area (Å²) in [5.74, 6) is -1.65. The van der Waals surface area contributed by atoms with E-state index in [4.69, 9.17) is 0 Å². The Morgan fingerprint density at radius 2 is 2.06 bits per heavy atom. The minimum absolute atomic E-state index is 0.121. The monoisotopic (exact) mass is 247 g/mol. The molecule has 18 heavy (non-hydrogen) atoms. The molecule has 0 unspecified atom stereocenters. The lowest BCUT2D eigenvalue weighted by Gasteiger charge is -2.04. The lowest BCUT2D eigenvalue weighted by Crippen LogP contribution is -2.09. The Kier molecular flexibility index (Phi) is 3.46. The number of aryl methyl sites for hydroxylation is 1. The van der Waals surface area contributed by atoms with E-state index in [0.717, 1.165) is 17.7 Å². The molecule has 1 aromatic heterocycles. The van der Waals surface area contributed by atoms with Crippen LogP contribution in [0.25, 0.3) is 0 Å². The molecule has 2 nitrogen and oxygen atoms in total. The zero-order chi connectivity index (χ0) is 13.1. The number of ketones is 1. The van der Waals surface area contributed by atoms with Gasteiger partial charge in [0.05, 0.1) is 0 Å². The highest BCUT2D eigenvalue weighted by Crippen LogP contribution is 2.13. The van der Waals surface area contributed by atoms with Crippen LogP contribution in [-0.2, 0) is 6.42 Å². The molecule has 1 heterocycles. The first-order valence-electron chi connectivity index (χ1n) is 5.46. The summed E-state index contributed by atoms with van der Waals surface area (Å²) in [4.78, 5) is 15.9. The molecule has 0 saturated carbocycles. The second-order valence-corrected chi connectivity index (χ2v) is 4.00. The lowest BCUT2D eigenvalue weighted by atomic mass is 10.0. The summed E-state index contributed by atoms with van der Waals surface area (Å²) in [6, 6.07) is 6.68. The Morgan fingerprint density at radius 3 is 2.72 bits per heavy atom. The van der Waals surface area contributed by atoms with Gasteiger partial charge in [-0.25, -0.2) is 8.78 Å². The summed E-state index contributed by atoms with van der Waals surface area (Å²) in [6.07, 6.45) is 1.39. The van der Waals surface area contributed by atoms with Crippen LogP contribution in [0.3, 0.4) is 0 Å². The van der Waals surface area contributed by atoms with Crippen LogP contribution in [0.4, 0.5) is 8.78 Å². The van der Waals surface area contributed by atoms with Crippen LogP contribution in [0.5, 0.6) is 0 Å². The molecule has 4 heteroatoms. The molecule has 2 rings (SSSR count). The third-order valence-electron chi connectivity index (χ3n) is 2.64. The first-order valence-corrected chi connectivity index (χ1v) is 5.46. The molecule has 0 N–H and O–H groups in total. The van der Waals surface area contributed by atoms with Crippen molar-refractivity contribution in [3.8, 4) is 0 Å². The quantitative estimate of drug-likeness (QED) is 0.780. The van der Waals surface area contributed by atoms with Gasteiger partial charge >= 0.3 is 0 Å². The molecule has 0 spiro atoms. The zero-order valence-electron chi connectivity index (χ0n) is 9.78. The first kappa shape index (κ1) is 12.4. The molecule has 92 valence electrons. The van der Waals surface area contributed by atoms with Crippen LogP contribution in [0.2, 0.25) is 0 Å². The number of halogens is 2. The van der Waals surface area contributed by atoms with Gasteiger partial charge in [-0.05, 0) is 30.2 Å². The Bertz CT molecular complexity index is 596. The molecular formula is C14H11F2NO. The average Bonchev–Trinajstić information content (AvgIpc) is 2.33. The van der Waals surface area contributed by atoms with Gasteiger partial charge in [-0.2, -0.15) is 0 Å². The molecule has 0 atom stereocenters. The minimum atomic E-state index is -0.711. The SMILES string of the molecule is Cc1cccnc1C(=O)Cc1ccc(F)cc1F. The third-order valence-corrected chi connectivity index (χ3v) is 2.64. The first-order chi connectivity index (χ1) is 8.58. The van der Waals surface area contributed by atoms with Crippen molar-refractivity contribution >= 4 is 5.78 Å². The highest BCUT2D eigenvalue weighted by molar-refractivity contribution is 5.96. The molecule has 0 fully saturated rings. The van der Waals surface area contributed by atoms with E-state index >= 15 is 0 Å². The van der Waals surface area contributed by atoms with Crippen LogP contribution in [0.15, 0.2) is 36.5 Å². The normalized spacial score (nSPS) is 10.4. The highest BCUT2D eigenvalue weighted by Gasteiger charge is 2.13. The Balaban J connectivity index is 2.24. The van der Waals surface area contributed by atoms with Crippen LogP contribution in [-0.4, -0.2) is 10.8 Å². The predicted molar refractivity (Wildman–Crippen MR) is 63.4 cm³/mol. The molecule has 2 aromatic rings. The van der Waals surface area contributed by atoms with Gasteiger partial charge in [-0.1, -0.05) is 12.1 Å². The van der Waals surface area contributed by atoms with Crippen LogP contribution >= 0.6 is 0 Å². The van der Waals surface area contributed by atoms with E-state index in [1.807, 2.05) is 0 Å². The van der Waals surface area contributed by atoms with Crippen molar-refractivity contribution in [3.05, 3.63) is 65.0 Å². The van der Waals surface area contributed by atoms with Crippen molar-refractivity contribution in [1.82, 2.24) is 4.98 Å². The molecule has 0 bridgehead atoms. The summed E-state index contributed by atoms with van der Waals surface area (Å²) in [7, 11) is 0. The maximum atomic E-state index is 13.4. The molecule has 0 aliphatic carbocycles. The molecule has 0 aliphatic heterocycles. The number of nitrogens with zero attached hydrogens (tertiary/aromatic N) is 1. The molecule has 0 amide bonds. The van der Waals surface area contributed by atoms with E-state index in [-0.39, 0.29) is 17.8 Å². The van der Waals surface area contributed by atoms with Crippen molar-refractivity contribution in [2.24, 2.45) is 0 Å². The Hall–Kier alpha value is -2.10. The summed E-state index contributed by atoms with van der Waals surface area (Å²) in [5, 5.41) is 0. The van der Waals surface area contributed by atoms with Gasteiger partial charge in [0, 0.05) is 18.7 Å². The van der Waals surface area contributed by atoms with Crippen LogP contribution in [0, 0.1) is 18.6 Å². The highest BCUT2D eigenvalue weighted by atomic mass is 19.1. The van der Waals surface area contributed by atoms with Gasteiger partial charge in [-0.15, -0.1) is 0 Å². The average molecular weight is 247 g/mol. The van der Waals surface area contributed by atoms with Gasteiger partial charge in [-0.3, -0.25) is 9.78 Å². The van der Waals surface area contributed by atoms with Crippen molar-refractivity contribution in [3.63, 3.8) is 0 Å². The summed E-state index contributed by atoms with van der Waals surface area (Å²) >= 11 is 0. The predicted octanol–water partition coefficient (Wildman–Crippen LogP) is 3.09. The van der Waals surface area contributed by atoms with E-state index in [9.17, 15) is 13.6 Å². The number of aromatic nitrogens is 1. The second kappa shape index (κ2) is 5.04. The third kappa shape index (κ3) is 2.59. The maximum absolute atomic E-state index is 13.4. The number of pyridine rings is 1. The summed E-state index contributed by atoms with van der Waals surface area (Å²) in [5.41, 5.74) is 1.23. The van der Waals surface area contributed by atoms with Gasteiger partial charge in [0.2, 0.25) is 0 Å². The van der Waals surface area contributed by atoms with E-state index < -0.39 is 11.6 Å². The fourth-order valence-electron chi connectivity index (χ4n) is 1.70. The van der Waals surface area contributed by atoms with Crippen LogP contribution < -0.4 is 0 Å². The van der Waals surface area contributed by atoms with Crippen molar-refractivity contribution < 1.29 is 13.6 Å². The molecule has 1 aromatic carbocycles. The van der Waals surface area contributed by atoms with Gasteiger partial charge in [0.1, 0.15) is 17.3 Å². The molecule has 0 saturated heterocycles. The van der Waals surface area contributed by atoms with Gasteiger partial charge < -0.3 is 0 Å². The standard InChI is InChI=1S/C14H11F2NO/c1-9-3-2-6-17-14(9)13(18)7-10-4-5-11(15)8-12(10)16/h2-6,8H,7H2,1H3. The largest absolute Gasteiger partial charge is 0.292 e. The summed E-state index contributed by atoms with van der Waals surface area (Å²) < 4.78 is 26.1. The topological polar surface area (TPSA) is 30.0 Å². The number of rotatable bonds is 3. The molecule has 0 radical (unpaired) electrons. The Labute approximate surface area is 103 Å². The lowest BCUT2D eigenvalue weighted by molar-refractivity contribution is 0.0986. The van der Waals surface area contributed by atoms with Gasteiger partial charge in [0.25, 0.3) is 0 Å². The maximum Gasteiger partial charge on any atom is 0.185 e. The number of benzene rings is 1. The number of carbonyl (C=O) groups excluding carboxylic acids is 1. The fourth-order valence-corrected chi connectivity index (χ4v) is 1.70. The van der Waals surface area contributed by atoms with E-state index in [2.05, 4.69) is 4.98 Å². The number of hydrogen-bond acceptors (Lipinski definition) is 2. The minimum Gasteiger partial charge on any atom is -0.292 e. The van der Waals surface area contributed by atoms with Crippen molar-refractivity contribution in [1.29, 1.82) is 0 Å². The summed E-state index contributed by atoms with van der Waals surface area (Å²) in [6.45, 7) is 1.77. The van der Waals surface area contributed by atoms with Crippen LogP contribution in [0.1, 0.15) is 21.6 Å². The van der Waals surface area contributed by atoms with E-state index in [1.54, 1.807) is 19.1 Å². The van der Waals surface area contributed by atoms with E-state index in [1.165, 1.54) is 12.3 Å². The fraction of sp³-hybridized carbons (Fsp3) is 0.143. The number of hydrogen-bond donors (Lipinski definition) is 0. The van der Waals surface area contributed by atoms with Gasteiger partial charge in [0.15, 0.2) is 5.78 Å². The zero-order valence-corrected chi connectivity index (χ0v) is 9.78. The van der Waals surface area contributed by atoms with E-state index in [0.29, 0.717) is 5.69 Å². The second-order valence-electron chi connectivity index (χ2n) is 4.00.